The Morgan fingerprint density at radius 1 is 1.10 bits per heavy atom. The van der Waals surface area contributed by atoms with Crippen LogP contribution >= 0.6 is 24.0 Å². The molecule has 2 unspecified atom stereocenters. The lowest BCUT2D eigenvalue weighted by Gasteiger charge is -2.39. The lowest BCUT2D eigenvalue weighted by molar-refractivity contribution is 0.0511. The number of hydrogen-bond donors (Lipinski definition) is 1. The molecule has 1 saturated carbocycles. The van der Waals surface area contributed by atoms with Gasteiger partial charge < -0.3 is 24.4 Å². The van der Waals surface area contributed by atoms with Crippen LogP contribution in [0.3, 0.4) is 0 Å². The third-order valence-corrected chi connectivity index (χ3v) is 7.51. The van der Waals surface area contributed by atoms with Gasteiger partial charge in [0.2, 0.25) is 6.79 Å². The van der Waals surface area contributed by atoms with Gasteiger partial charge in [-0.2, -0.15) is 0 Å². The minimum absolute atomic E-state index is 0. The topological polar surface area (TPSA) is 55.3 Å². The van der Waals surface area contributed by atoms with E-state index in [2.05, 4.69) is 33.4 Å². The highest BCUT2D eigenvalue weighted by Crippen LogP contribution is 2.41. The van der Waals surface area contributed by atoms with Crippen LogP contribution < -0.4 is 14.8 Å². The zero-order valence-electron chi connectivity index (χ0n) is 17.9. The molecule has 0 spiro atoms. The summed E-state index contributed by atoms with van der Waals surface area (Å²) in [7, 11) is 1.92. The number of likely N-dealkylation sites (tertiary alicyclic amines) is 1. The van der Waals surface area contributed by atoms with Crippen molar-refractivity contribution in [2.24, 2.45) is 16.8 Å². The maximum absolute atomic E-state index is 5.71. The van der Waals surface area contributed by atoms with Gasteiger partial charge in [0.1, 0.15) is 0 Å². The summed E-state index contributed by atoms with van der Waals surface area (Å²) in [5.41, 5.74) is 1.34. The van der Waals surface area contributed by atoms with Crippen LogP contribution in [0.15, 0.2) is 23.2 Å². The molecule has 5 rings (SSSR count). The van der Waals surface area contributed by atoms with Gasteiger partial charge in [0.05, 0.1) is 0 Å². The normalized spacial score (nSPS) is 27.4. The number of nitrogens with one attached hydrogen (secondary N) is 1. The highest BCUT2D eigenvalue weighted by Gasteiger charge is 2.38. The van der Waals surface area contributed by atoms with E-state index in [1.165, 1.54) is 31.2 Å². The fraction of sp³-hybridized carbons (Fsp3) is 0.696. The van der Waals surface area contributed by atoms with E-state index in [9.17, 15) is 0 Å². The fourth-order valence-electron chi connectivity index (χ4n) is 5.72. The van der Waals surface area contributed by atoms with Crippen molar-refractivity contribution in [1.82, 2.24) is 10.2 Å². The van der Waals surface area contributed by atoms with Crippen LogP contribution in [-0.2, 0) is 10.2 Å². The van der Waals surface area contributed by atoms with Crippen LogP contribution in [0.25, 0.3) is 0 Å². The van der Waals surface area contributed by atoms with E-state index in [0.717, 1.165) is 75.0 Å². The molecule has 6 nitrogen and oxygen atoms in total. The molecular formula is C23H34IN3O3. The SMILES string of the molecule is CN=C(NCC1(c2ccc3c(c2)OCO3)CCOCC1)N1CC2CCCCC2C1.I. The van der Waals surface area contributed by atoms with Crippen molar-refractivity contribution in [3.05, 3.63) is 23.8 Å². The lowest BCUT2D eigenvalue weighted by atomic mass is 9.74. The average molecular weight is 527 g/mol. The van der Waals surface area contributed by atoms with E-state index in [1.807, 2.05) is 7.05 Å². The van der Waals surface area contributed by atoms with Gasteiger partial charge in [-0.25, -0.2) is 0 Å². The molecule has 3 aliphatic heterocycles. The number of rotatable bonds is 3. The molecule has 1 aromatic rings. The molecule has 3 fully saturated rings. The summed E-state index contributed by atoms with van der Waals surface area (Å²) in [4.78, 5) is 7.14. The first-order valence-corrected chi connectivity index (χ1v) is 11.2. The number of hydrogen-bond acceptors (Lipinski definition) is 4. The first-order valence-electron chi connectivity index (χ1n) is 11.2. The third-order valence-electron chi connectivity index (χ3n) is 7.51. The second-order valence-electron chi connectivity index (χ2n) is 9.07. The smallest absolute Gasteiger partial charge is 0.231 e. The van der Waals surface area contributed by atoms with Gasteiger partial charge in [-0.3, -0.25) is 4.99 Å². The lowest BCUT2D eigenvalue weighted by Crippen LogP contribution is -2.49. The maximum atomic E-state index is 5.71. The molecular weight excluding hydrogens is 493 g/mol. The zero-order valence-corrected chi connectivity index (χ0v) is 20.2. The van der Waals surface area contributed by atoms with Gasteiger partial charge in [-0.1, -0.05) is 18.9 Å². The van der Waals surface area contributed by atoms with Crippen molar-refractivity contribution < 1.29 is 14.2 Å². The molecule has 4 aliphatic rings. The Morgan fingerprint density at radius 2 is 1.80 bits per heavy atom. The number of benzene rings is 1. The molecule has 1 aromatic carbocycles. The van der Waals surface area contributed by atoms with Crippen molar-refractivity contribution in [2.45, 2.75) is 43.9 Å². The standard InChI is InChI=1S/C23H33N3O3.HI/c1-24-22(26-13-17-4-2-3-5-18(17)14-26)25-15-23(8-10-27-11-9-23)19-6-7-20-21(12-19)29-16-28-20;/h6-7,12,17-18H,2-5,8-11,13-16H2,1H3,(H,24,25);1H. The molecule has 2 atom stereocenters. The highest BCUT2D eigenvalue weighted by atomic mass is 127. The molecule has 166 valence electrons. The van der Waals surface area contributed by atoms with E-state index in [0.29, 0.717) is 6.79 Å². The monoisotopic (exact) mass is 527 g/mol. The second kappa shape index (κ2) is 9.51. The highest BCUT2D eigenvalue weighted by molar-refractivity contribution is 14.0. The molecule has 0 aromatic heterocycles. The van der Waals surface area contributed by atoms with Gasteiger partial charge in [0.25, 0.3) is 0 Å². The van der Waals surface area contributed by atoms with Crippen LogP contribution in [-0.4, -0.2) is 57.5 Å². The Morgan fingerprint density at radius 3 is 2.50 bits per heavy atom. The van der Waals surface area contributed by atoms with Crippen LogP contribution in [0.5, 0.6) is 11.5 Å². The van der Waals surface area contributed by atoms with Gasteiger partial charge in [0, 0.05) is 45.3 Å². The number of guanidine groups is 1. The van der Waals surface area contributed by atoms with E-state index in [1.54, 1.807) is 0 Å². The van der Waals surface area contributed by atoms with Crippen molar-refractivity contribution in [3.63, 3.8) is 0 Å². The average Bonchev–Trinajstić information content (AvgIpc) is 3.41. The molecule has 0 amide bonds. The van der Waals surface area contributed by atoms with Gasteiger partial charge in [-0.05, 0) is 55.2 Å². The van der Waals surface area contributed by atoms with Crippen LogP contribution in [0.1, 0.15) is 44.1 Å². The fourth-order valence-corrected chi connectivity index (χ4v) is 5.72. The molecule has 2 saturated heterocycles. The van der Waals surface area contributed by atoms with E-state index in [4.69, 9.17) is 14.2 Å². The Balaban J connectivity index is 0.00000218. The first-order chi connectivity index (χ1) is 14.3. The number of ether oxygens (including phenoxy) is 3. The van der Waals surface area contributed by atoms with Crippen molar-refractivity contribution in [1.29, 1.82) is 0 Å². The predicted octanol–water partition coefficient (Wildman–Crippen LogP) is 3.78. The van der Waals surface area contributed by atoms with Crippen LogP contribution in [0, 0.1) is 11.8 Å². The van der Waals surface area contributed by atoms with Gasteiger partial charge in [-0.15, -0.1) is 24.0 Å². The molecule has 1 aliphatic carbocycles. The molecule has 0 bridgehead atoms. The van der Waals surface area contributed by atoms with Gasteiger partial charge >= 0.3 is 0 Å². The van der Waals surface area contributed by atoms with E-state index in [-0.39, 0.29) is 29.4 Å². The molecule has 3 heterocycles. The minimum atomic E-state index is 0. The van der Waals surface area contributed by atoms with E-state index >= 15 is 0 Å². The second-order valence-corrected chi connectivity index (χ2v) is 9.07. The Kier molecular flexibility index (Phi) is 6.97. The molecule has 0 radical (unpaired) electrons. The number of halogens is 1. The van der Waals surface area contributed by atoms with E-state index < -0.39 is 0 Å². The van der Waals surface area contributed by atoms with Crippen molar-refractivity contribution >= 4 is 29.9 Å². The Bertz CT molecular complexity index is 752. The summed E-state index contributed by atoms with van der Waals surface area (Å²) in [6, 6.07) is 6.42. The number of nitrogens with zero attached hydrogens (tertiary/aromatic N) is 2. The number of aliphatic imine (C=N–C) groups is 1. The van der Waals surface area contributed by atoms with Crippen LogP contribution in [0.2, 0.25) is 0 Å². The van der Waals surface area contributed by atoms with Crippen molar-refractivity contribution in [3.8, 4) is 11.5 Å². The molecule has 1 N–H and O–H groups in total. The summed E-state index contributed by atoms with van der Waals surface area (Å²) >= 11 is 0. The Hall–Kier alpha value is -1.22. The summed E-state index contributed by atoms with van der Waals surface area (Å²) in [5.74, 6) is 4.48. The summed E-state index contributed by atoms with van der Waals surface area (Å²) in [6.45, 7) is 5.09. The number of fused-ring (bicyclic) bond motifs is 2. The Labute approximate surface area is 196 Å². The minimum Gasteiger partial charge on any atom is -0.454 e. The summed E-state index contributed by atoms with van der Waals surface area (Å²) in [6.07, 6.45) is 7.57. The third kappa shape index (κ3) is 4.24. The maximum Gasteiger partial charge on any atom is 0.231 e. The van der Waals surface area contributed by atoms with Gasteiger partial charge in [0.15, 0.2) is 17.5 Å². The summed E-state index contributed by atoms with van der Waals surface area (Å²) in [5, 5.41) is 3.75. The quantitative estimate of drug-likeness (QED) is 0.369. The summed E-state index contributed by atoms with van der Waals surface area (Å²) < 4.78 is 16.9. The van der Waals surface area contributed by atoms with Crippen LogP contribution in [0.4, 0.5) is 0 Å². The zero-order chi connectivity index (χ0) is 19.7. The largest absolute Gasteiger partial charge is 0.454 e. The molecule has 30 heavy (non-hydrogen) atoms. The predicted molar refractivity (Wildman–Crippen MR) is 128 cm³/mol. The van der Waals surface area contributed by atoms with Crippen molar-refractivity contribution in [2.75, 3.05) is 46.7 Å². The molecule has 7 heteroatoms. The first kappa shape index (κ1) is 22.0.